The number of carboxylic acid groups (broad SMARTS) is 1. The summed E-state index contributed by atoms with van der Waals surface area (Å²) in [6.07, 6.45) is -2.55. The zero-order chi connectivity index (χ0) is 14.2. The SMILES string of the molecule is CC(C)(Cc1cc(C(F)F)cc2c1OCO2)C(=O)O. The van der Waals surface area contributed by atoms with Crippen LogP contribution in [-0.4, -0.2) is 17.9 Å². The number of carbonyl (C=O) groups is 1. The molecular formula is C13H14F2O4. The molecule has 1 aliphatic heterocycles. The molecule has 0 bridgehead atoms. The average Bonchev–Trinajstić information content (AvgIpc) is 2.76. The molecule has 0 saturated carbocycles. The number of benzene rings is 1. The minimum atomic E-state index is -2.64. The molecule has 6 heteroatoms. The van der Waals surface area contributed by atoms with E-state index in [4.69, 9.17) is 14.6 Å². The van der Waals surface area contributed by atoms with Gasteiger partial charge < -0.3 is 14.6 Å². The van der Waals surface area contributed by atoms with Gasteiger partial charge in [0.15, 0.2) is 11.5 Å². The fourth-order valence-electron chi connectivity index (χ4n) is 1.92. The normalized spacial score (nSPS) is 13.9. The fourth-order valence-corrected chi connectivity index (χ4v) is 1.92. The van der Waals surface area contributed by atoms with Crippen LogP contribution in [0.15, 0.2) is 12.1 Å². The summed E-state index contributed by atoms with van der Waals surface area (Å²) in [7, 11) is 0. The Morgan fingerprint density at radius 2 is 2.11 bits per heavy atom. The molecule has 1 aromatic carbocycles. The van der Waals surface area contributed by atoms with E-state index in [-0.39, 0.29) is 24.5 Å². The minimum Gasteiger partial charge on any atom is -0.481 e. The van der Waals surface area contributed by atoms with E-state index in [1.165, 1.54) is 26.0 Å². The third-order valence-corrected chi connectivity index (χ3v) is 3.04. The van der Waals surface area contributed by atoms with Crippen LogP contribution in [0.1, 0.15) is 31.4 Å². The van der Waals surface area contributed by atoms with Crippen molar-refractivity contribution >= 4 is 5.97 Å². The lowest BCUT2D eigenvalue weighted by Gasteiger charge is -2.20. The number of alkyl halides is 2. The van der Waals surface area contributed by atoms with E-state index >= 15 is 0 Å². The fraction of sp³-hybridized carbons (Fsp3) is 0.462. The molecule has 0 spiro atoms. The van der Waals surface area contributed by atoms with Crippen molar-refractivity contribution < 1.29 is 28.2 Å². The summed E-state index contributed by atoms with van der Waals surface area (Å²) in [5.74, 6) is -0.393. The molecule has 0 radical (unpaired) electrons. The molecule has 1 aromatic rings. The van der Waals surface area contributed by atoms with Crippen molar-refractivity contribution in [2.45, 2.75) is 26.7 Å². The van der Waals surface area contributed by atoms with Gasteiger partial charge in [-0.2, -0.15) is 0 Å². The van der Waals surface area contributed by atoms with Crippen molar-refractivity contribution in [1.29, 1.82) is 0 Å². The Kier molecular flexibility index (Phi) is 3.34. The van der Waals surface area contributed by atoms with Crippen molar-refractivity contribution in [2.75, 3.05) is 6.79 Å². The van der Waals surface area contributed by atoms with Crippen LogP contribution in [0.5, 0.6) is 11.5 Å². The number of carboxylic acids is 1. The highest BCUT2D eigenvalue weighted by Gasteiger charge is 2.31. The van der Waals surface area contributed by atoms with Crippen molar-refractivity contribution in [3.8, 4) is 11.5 Å². The molecule has 0 unspecified atom stereocenters. The van der Waals surface area contributed by atoms with Crippen LogP contribution < -0.4 is 9.47 Å². The lowest BCUT2D eigenvalue weighted by atomic mass is 9.85. The molecule has 0 amide bonds. The molecule has 0 atom stereocenters. The van der Waals surface area contributed by atoms with Gasteiger partial charge in [-0.3, -0.25) is 4.79 Å². The molecule has 0 fully saturated rings. The standard InChI is InChI=1S/C13H14F2O4/c1-13(2,12(16)17)5-8-3-7(11(14)15)4-9-10(8)19-6-18-9/h3-4,11H,5-6H2,1-2H3,(H,16,17). The summed E-state index contributed by atoms with van der Waals surface area (Å²) in [6, 6.07) is 2.51. The monoisotopic (exact) mass is 272 g/mol. The Hall–Kier alpha value is -1.85. The number of halogens is 2. The van der Waals surface area contributed by atoms with Crippen molar-refractivity contribution in [3.63, 3.8) is 0 Å². The maximum absolute atomic E-state index is 12.8. The molecule has 104 valence electrons. The maximum atomic E-state index is 12.8. The molecule has 1 heterocycles. The highest BCUT2D eigenvalue weighted by atomic mass is 19.3. The highest BCUT2D eigenvalue weighted by Crippen LogP contribution is 2.41. The summed E-state index contributed by atoms with van der Waals surface area (Å²) < 4.78 is 35.9. The summed E-state index contributed by atoms with van der Waals surface area (Å²) in [5, 5.41) is 9.11. The quantitative estimate of drug-likeness (QED) is 0.915. The van der Waals surface area contributed by atoms with Crippen LogP contribution in [-0.2, 0) is 11.2 Å². The predicted octanol–water partition coefficient (Wildman–Crippen LogP) is 3.01. The van der Waals surface area contributed by atoms with E-state index < -0.39 is 17.8 Å². The molecule has 0 aliphatic carbocycles. The second-order valence-corrected chi connectivity index (χ2v) is 5.08. The number of hydrogen-bond donors (Lipinski definition) is 1. The Labute approximate surface area is 108 Å². The first kappa shape index (κ1) is 13.6. The molecule has 19 heavy (non-hydrogen) atoms. The van der Waals surface area contributed by atoms with Crippen LogP contribution in [0.25, 0.3) is 0 Å². The molecule has 1 N–H and O–H groups in total. The molecule has 1 aliphatic rings. The third kappa shape index (κ3) is 2.62. The first-order valence-electron chi connectivity index (χ1n) is 5.75. The number of fused-ring (bicyclic) bond motifs is 1. The number of ether oxygens (including phenoxy) is 2. The van der Waals surface area contributed by atoms with E-state index in [0.29, 0.717) is 11.3 Å². The lowest BCUT2D eigenvalue weighted by molar-refractivity contribution is -0.146. The largest absolute Gasteiger partial charge is 0.481 e. The van der Waals surface area contributed by atoms with Gasteiger partial charge in [0.05, 0.1) is 5.41 Å². The number of hydrogen-bond acceptors (Lipinski definition) is 3. The number of rotatable bonds is 4. The van der Waals surface area contributed by atoms with E-state index in [1.807, 2.05) is 0 Å². The van der Waals surface area contributed by atoms with Crippen LogP contribution in [0.4, 0.5) is 8.78 Å². The summed E-state index contributed by atoms with van der Waals surface area (Å²) in [6.45, 7) is 3.03. The van der Waals surface area contributed by atoms with Gasteiger partial charge >= 0.3 is 5.97 Å². The Morgan fingerprint density at radius 1 is 1.42 bits per heavy atom. The van der Waals surface area contributed by atoms with Crippen LogP contribution in [0, 0.1) is 5.41 Å². The van der Waals surface area contributed by atoms with Crippen LogP contribution >= 0.6 is 0 Å². The first-order chi connectivity index (χ1) is 8.81. The maximum Gasteiger partial charge on any atom is 0.309 e. The Morgan fingerprint density at radius 3 is 2.68 bits per heavy atom. The van der Waals surface area contributed by atoms with Gasteiger partial charge in [0.2, 0.25) is 6.79 Å². The van der Waals surface area contributed by atoms with Gasteiger partial charge in [-0.1, -0.05) is 0 Å². The zero-order valence-corrected chi connectivity index (χ0v) is 10.6. The van der Waals surface area contributed by atoms with Gasteiger partial charge in [0.1, 0.15) is 0 Å². The second-order valence-electron chi connectivity index (χ2n) is 5.08. The molecule has 4 nitrogen and oxygen atoms in total. The Balaban J connectivity index is 2.42. The number of aliphatic carboxylic acids is 1. The second kappa shape index (κ2) is 4.68. The van der Waals surface area contributed by atoms with Crippen molar-refractivity contribution in [1.82, 2.24) is 0 Å². The molecular weight excluding hydrogens is 258 g/mol. The van der Waals surface area contributed by atoms with Crippen LogP contribution in [0.2, 0.25) is 0 Å². The van der Waals surface area contributed by atoms with Crippen molar-refractivity contribution in [3.05, 3.63) is 23.3 Å². The predicted molar refractivity (Wildman–Crippen MR) is 62.6 cm³/mol. The van der Waals surface area contributed by atoms with Gasteiger partial charge in [-0.05, 0) is 38.0 Å². The van der Waals surface area contributed by atoms with E-state index in [0.717, 1.165) is 0 Å². The average molecular weight is 272 g/mol. The van der Waals surface area contributed by atoms with E-state index in [2.05, 4.69) is 0 Å². The smallest absolute Gasteiger partial charge is 0.309 e. The van der Waals surface area contributed by atoms with E-state index in [1.54, 1.807) is 0 Å². The highest BCUT2D eigenvalue weighted by molar-refractivity contribution is 5.74. The first-order valence-corrected chi connectivity index (χ1v) is 5.75. The van der Waals surface area contributed by atoms with Crippen molar-refractivity contribution in [2.24, 2.45) is 5.41 Å². The molecule has 2 rings (SSSR count). The Bertz CT molecular complexity index is 512. The van der Waals surface area contributed by atoms with Gasteiger partial charge in [0.25, 0.3) is 6.43 Å². The summed E-state index contributed by atoms with van der Waals surface area (Å²) in [5.41, 5.74) is -0.835. The van der Waals surface area contributed by atoms with Gasteiger partial charge in [0, 0.05) is 5.56 Å². The summed E-state index contributed by atoms with van der Waals surface area (Å²) in [4.78, 5) is 11.1. The third-order valence-electron chi connectivity index (χ3n) is 3.04. The summed E-state index contributed by atoms with van der Waals surface area (Å²) >= 11 is 0. The van der Waals surface area contributed by atoms with Crippen LogP contribution in [0.3, 0.4) is 0 Å². The molecule has 0 aromatic heterocycles. The minimum absolute atomic E-state index is 0.0392. The van der Waals surface area contributed by atoms with Gasteiger partial charge in [-0.15, -0.1) is 0 Å². The van der Waals surface area contributed by atoms with Gasteiger partial charge in [-0.25, -0.2) is 8.78 Å². The topological polar surface area (TPSA) is 55.8 Å². The van der Waals surface area contributed by atoms with E-state index in [9.17, 15) is 13.6 Å². The lowest BCUT2D eigenvalue weighted by Crippen LogP contribution is -2.26. The molecule has 0 saturated heterocycles. The zero-order valence-electron chi connectivity index (χ0n) is 10.6.